The minimum atomic E-state index is -0.930. The second kappa shape index (κ2) is 7.01. The normalized spacial score (nSPS) is 15.0. The molecule has 0 aromatic heterocycles. The average Bonchev–Trinajstić information content (AvgIpc) is 2.45. The van der Waals surface area contributed by atoms with E-state index >= 15 is 0 Å². The number of esters is 1. The largest absolute Gasteiger partial charge is 0.451 e. The predicted molar refractivity (Wildman–Crippen MR) is 76.3 cm³/mol. The SMILES string of the molecule is C=C(C)[C@@H](O)[C@@H](C)C(=O)[C@H](C)OC(=O)c1ccccc1. The van der Waals surface area contributed by atoms with E-state index in [1.165, 1.54) is 6.92 Å². The first-order valence-electron chi connectivity index (χ1n) is 6.47. The number of carbonyl (C=O) groups is 2. The van der Waals surface area contributed by atoms with Gasteiger partial charge < -0.3 is 9.84 Å². The molecule has 0 fully saturated rings. The summed E-state index contributed by atoms with van der Waals surface area (Å²) < 4.78 is 5.12. The Morgan fingerprint density at radius 1 is 1.20 bits per heavy atom. The molecule has 0 aliphatic heterocycles. The lowest BCUT2D eigenvalue weighted by atomic mass is 9.92. The molecule has 1 aromatic carbocycles. The molecular formula is C16H20O4. The van der Waals surface area contributed by atoms with Crippen LogP contribution < -0.4 is 0 Å². The second-order valence-corrected chi connectivity index (χ2v) is 4.90. The van der Waals surface area contributed by atoms with E-state index in [-0.39, 0.29) is 5.78 Å². The summed E-state index contributed by atoms with van der Waals surface area (Å²) in [6.45, 7) is 8.36. The van der Waals surface area contributed by atoms with E-state index in [1.807, 2.05) is 0 Å². The highest BCUT2D eigenvalue weighted by Gasteiger charge is 2.29. The third-order valence-electron chi connectivity index (χ3n) is 3.12. The van der Waals surface area contributed by atoms with Crippen LogP contribution in [0, 0.1) is 5.92 Å². The lowest BCUT2D eigenvalue weighted by molar-refractivity contribution is -0.133. The Kier molecular flexibility index (Phi) is 5.65. The molecular weight excluding hydrogens is 256 g/mol. The summed E-state index contributed by atoms with van der Waals surface area (Å²) in [6, 6.07) is 8.46. The van der Waals surface area contributed by atoms with E-state index in [4.69, 9.17) is 4.74 Å². The van der Waals surface area contributed by atoms with Gasteiger partial charge in [-0.15, -0.1) is 0 Å². The molecule has 0 saturated carbocycles. The van der Waals surface area contributed by atoms with Gasteiger partial charge >= 0.3 is 5.97 Å². The molecule has 0 bridgehead atoms. The van der Waals surface area contributed by atoms with E-state index in [0.29, 0.717) is 11.1 Å². The van der Waals surface area contributed by atoms with Crippen molar-refractivity contribution >= 4 is 11.8 Å². The van der Waals surface area contributed by atoms with Gasteiger partial charge in [0.25, 0.3) is 0 Å². The van der Waals surface area contributed by atoms with Gasteiger partial charge in [-0.1, -0.05) is 37.3 Å². The predicted octanol–water partition coefficient (Wildman–Crippen LogP) is 2.37. The zero-order valence-electron chi connectivity index (χ0n) is 12.0. The van der Waals surface area contributed by atoms with Crippen molar-refractivity contribution in [2.45, 2.75) is 33.0 Å². The van der Waals surface area contributed by atoms with Crippen LogP contribution in [-0.4, -0.2) is 29.1 Å². The fourth-order valence-corrected chi connectivity index (χ4v) is 1.81. The van der Waals surface area contributed by atoms with E-state index < -0.39 is 24.1 Å². The van der Waals surface area contributed by atoms with Gasteiger partial charge in [-0.3, -0.25) is 4.79 Å². The van der Waals surface area contributed by atoms with Crippen molar-refractivity contribution in [2.24, 2.45) is 5.92 Å². The highest BCUT2D eigenvalue weighted by molar-refractivity contribution is 5.93. The minimum Gasteiger partial charge on any atom is -0.451 e. The molecule has 0 aliphatic rings. The van der Waals surface area contributed by atoms with Crippen molar-refractivity contribution in [1.82, 2.24) is 0 Å². The highest BCUT2D eigenvalue weighted by Crippen LogP contribution is 2.15. The van der Waals surface area contributed by atoms with Crippen LogP contribution >= 0.6 is 0 Å². The summed E-state index contributed by atoms with van der Waals surface area (Å²) in [6.07, 6.45) is -1.84. The van der Waals surface area contributed by atoms with Crippen LogP contribution in [0.5, 0.6) is 0 Å². The minimum absolute atomic E-state index is 0.329. The van der Waals surface area contributed by atoms with Crippen molar-refractivity contribution in [3.8, 4) is 0 Å². The Balaban J connectivity index is 2.67. The van der Waals surface area contributed by atoms with Crippen LogP contribution in [0.4, 0.5) is 0 Å². The number of hydrogen-bond donors (Lipinski definition) is 1. The van der Waals surface area contributed by atoms with E-state index in [9.17, 15) is 14.7 Å². The first-order valence-corrected chi connectivity index (χ1v) is 6.47. The summed E-state index contributed by atoms with van der Waals surface area (Å²) >= 11 is 0. The quantitative estimate of drug-likeness (QED) is 0.640. The summed E-state index contributed by atoms with van der Waals surface area (Å²) in [5, 5.41) is 9.80. The molecule has 20 heavy (non-hydrogen) atoms. The number of Topliss-reactive ketones (excluding diaryl/α,β-unsaturated/α-hetero) is 1. The number of ether oxygens (including phenoxy) is 1. The third-order valence-corrected chi connectivity index (χ3v) is 3.12. The Hall–Kier alpha value is -1.94. The number of hydrogen-bond acceptors (Lipinski definition) is 4. The molecule has 0 unspecified atom stereocenters. The Morgan fingerprint density at radius 2 is 1.75 bits per heavy atom. The van der Waals surface area contributed by atoms with Gasteiger partial charge in [0.1, 0.15) is 0 Å². The smallest absolute Gasteiger partial charge is 0.338 e. The van der Waals surface area contributed by atoms with Gasteiger partial charge in [-0.2, -0.15) is 0 Å². The van der Waals surface area contributed by atoms with Crippen LogP contribution in [0.25, 0.3) is 0 Å². The van der Waals surface area contributed by atoms with Crippen molar-refractivity contribution in [3.63, 3.8) is 0 Å². The van der Waals surface area contributed by atoms with Crippen LogP contribution in [0.1, 0.15) is 31.1 Å². The van der Waals surface area contributed by atoms with Crippen molar-refractivity contribution < 1.29 is 19.4 Å². The van der Waals surface area contributed by atoms with Gasteiger partial charge in [-0.05, 0) is 26.0 Å². The summed E-state index contributed by atoms with van der Waals surface area (Å²) in [5.74, 6) is -1.54. The Labute approximate surface area is 119 Å². The average molecular weight is 276 g/mol. The Bertz CT molecular complexity index is 492. The number of aliphatic hydroxyl groups excluding tert-OH is 1. The molecule has 4 nitrogen and oxygen atoms in total. The molecule has 0 heterocycles. The molecule has 0 amide bonds. The lowest BCUT2D eigenvalue weighted by Gasteiger charge is -2.21. The van der Waals surface area contributed by atoms with Gasteiger partial charge in [-0.25, -0.2) is 4.79 Å². The first-order chi connectivity index (χ1) is 9.34. The van der Waals surface area contributed by atoms with Crippen molar-refractivity contribution in [1.29, 1.82) is 0 Å². The monoisotopic (exact) mass is 276 g/mol. The van der Waals surface area contributed by atoms with E-state index in [2.05, 4.69) is 6.58 Å². The lowest BCUT2D eigenvalue weighted by Crippen LogP contribution is -2.35. The maximum Gasteiger partial charge on any atom is 0.338 e. The van der Waals surface area contributed by atoms with Gasteiger partial charge in [0, 0.05) is 5.92 Å². The van der Waals surface area contributed by atoms with Crippen LogP contribution in [0.3, 0.4) is 0 Å². The zero-order valence-corrected chi connectivity index (χ0v) is 12.0. The summed E-state index contributed by atoms with van der Waals surface area (Å²) in [4.78, 5) is 23.9. The van der Waals surface area contributed by atoms with Crippen molar-refractivity contribution in [2.75, 3.05) is 0 Å². The third kappa shape index (κ3) is 4.03. The molecule has 1 aromatic rings. The van der Waals surface area contributed by atoms with Crippen LogP contribution in [0.2, 0.25) is 0 Å². The van der Waals surface area contributed by atoms with E-state index in [1.54, 1.807) is 44.2 Å². The number of carbonyl (C=O) groups excluding carboxylic acids is 2. The van der Waals surface area contributed by atoms with Crippen molar-refractivity contribution in [3.05, 3.63) is 48.0 Å². The first kappa shape index (κ1) is 16.1. The molecule has 1 rings (SSSR count). The molecule has 1 N–H and O–H groups in total. The molecule has 0 radical (unpaired) electrons. The molecule has 4 heteroatoms. The fourth-order valence-electron chi connectivity index (χ4n) is 1.81. The summed E-state index contributed by atoms with van der Waals surface area (Å²) in [5.41, 5.74) is 0.896. The molecule has 3 atom stereocenters. The van der Waals surface area contributed by atoms with Gasteiger partial charge in [0.05, 0.1) is 11.7 Å². The van der Waals surface area contributed by atoms with Gasteiger partial charge in [0.15, 0.2) is 11.9 Å². The second-order valence-electron chi connectivity index (χ2n) is 4.90. The number of ketones is 1. The maximum atomic E-state index is 12.1. The standard InChI is InChI=1S/C16H20O4/c1-10(2)14(17)11(3)15(18)12(4)20-16(19)13-8-6-5-7-9-13/h5-9,11-12,14,17H,1H2,2-4H3/t11-,12+,14-/m1/s1. The molecule has 0 aliphatic carbocycles. The van der Waals surface area contributed by atoms with Crippen LogP contribution in [-0.2, 0) is 9.53 Å². The maximum absolute atomic E-state index is 12.1. The van der Waals surface area contributed by atoms with E-state index in [0.717, 1.165) is 0 Å². The highest BCUT2D eigenvalue weighted by atomic mass is 16.5. The number of aliphatic hydroxyl groups is 1. The number of rotatable bonds is 6. The zero-order chi connectivity index (χ0) is 15.3. The van der Waals surface area contributed by atoms with Crippen LogP contribution in [0.15, 0.2) is 42.5 Å². The molecule has 108 valence electrons. The Morgan fingerprint density at radius 3 is 2.25 bits per heavy atom. The number of benzene rings is 1. The summed E-state index contributed by atoms with van der Waals surface area (Å²) in [7, 11) is 0. The molecule has 0 spiro atoms. The fraction of sp³-hybridized carbons (Fsp3) is 0.375. The topological polar surface area (TPSA) is 63.6 Å². The molecule has 0 saturated heterocycles. The van der Waals surface area contributed by atoms with Gasteiger partial charge in [0.2, 0.25) is 0 Å².